The molecule has 19 heteroatoms. The van der Waals surface area contributed by atoms with Gasteiger partial charge in [-0.25, -0.2) is 4.79 Å². The van der Waals surface area contributed by atoms with Crippen molar-refractivity contribution in [2.24, 2.45) is 11.7 Å². The molecule has 0 aliphatic heterocycles. The van der Waals surface area contributed by atoms with Gasteiger partial charge in [0.1, 0.15) is 30.2 Å². The van der Waals surface area contributed by atoms with E-state index in [1.807, 2.05) is 5.32 Å². The predicted molar refractivity (Wildman–Crippen MR) is 168 cm³/mol. The van der Waals surface area contributed by atoms with Gasteiger partial charge in [-0.3, -0.25) is 33.6 Å². The Balaban J connectivity index is 3.20. The van der Waals surface area contributed by atoms with Crippen molar-refractivity contribution >= 4 is 47.4 Å². The van der Waals surface area contributed by atoms with Crippen molar-refractivity contribution in [1.82, 2.24) is 26.6 Å². The van der Waals surface area contributed by atoms with Crippen molar-refractivity contribution < 1.29 is 63.9 Å². The predicted octanol–water partition coefficient (Wildman–Crippen LogP) is -3.56. The van der Waals surface area contributed by atoms with Gasteiger partial charge >= 0.3 is 17.9 Å². The molecular formula is C30H44N6O13. The van der Waals surface area contributed by atoms with Gasteiger partial charge in [-0.05, 0) is 17.9 Å². The fraction of sp³-hybridized carbons (Fsp3) is 0.533. The van der Waals surface area contributed by atoms with Gasteiger partial charge < -0.3 is 57.9 Å². The molecule has 272 valence electrons. The molecule has 0 bridgehead atoms. The van der Waals surface area contributed by atoms with Gasteiger partial charge in [0, 0.05) is 12.8 Å². The van der Waals surface area contributed by atoms with Gasteiger partial charge in [0.15, 0.2) is 0 Å². The van der Waals surface area contributed by atoms with E-state index in [-0.39, 0.29) is 12.3 Å². The normalized spacial score (nSPS) is 15.1. The van der Waals surface area contributed by atoms with E-state index in [1.165, 1.54) is 0 Å². The number of benzene rings is 1. The molecule has 7 atom stereocenters. The molecule has 0 aliphatic carbocycles. The maximum absolute atomic E-state index is 13.3. The number of aliphatic hydroxyl groups is 2. The third kappa shape index (κ3) is 14.7. The van der Waals surface area contributed by atoms with Gasteiger partial charge in [-0.15, -0.1) is 0 Å². The zero-order chi connectivity index (χ0) is 37.3. The third-order valence-electron chi connectivity index (χ3n) is 7.38. The van der Waals surface area contributed by atoms with Gasteiger partial charge in [-0.2, -0.15) is 0 Å². The number of nitrogens with two attached hydrogens (primary N) is 1. The van der Waals surface area contributed by atoms with E-state index in [0.717, 1.165) is 0 Å². The molecule has 12 N–H and O–H groups in total. The number of carboxylic acids is 3. The highest BCUT2D eigenvalue weighted by molar-refractivity contribution is 5.97. The molecule has 1 aromatic carbocycles. The number of hydrogen-bond donors (Lipinski definition) is 11. The molecular weight excluding hydrogens is 652 g/mol. The minimum Gasteiger partial charge on any atom is -0.481 e. The molecule has 0 spiro atoms. The fourth-order valence-corrected chi connectivity index (χ4v) is 4.23. The molecule has 0 saturated carbocycles. The number of carbonyl (C=O) groups excluding carboxylic acids is 5. The second-order valence-corrected chi connectivity index (χ2v) is 11.1. The molecule has 0 saturated heterocycles. The van der Waals surface area contributed by atoms with Crippen LogP contribution in [0.4, 0.5) is 0 Å². The first kappa shape index (κ1) is 41.9. The van der Waals surface area contributed by atoms with Crippen LogP contribution in [0, 0.1) is 5.92 Å². The fourth-order valence-electron chi connectivity index (χ4n) is 4.23. The molecule has 0 aliphatic rings. The standard InChI is InChI=1S/C30H44N6O13/c1-3-15(2)24(31)29(47)32-17(9-10-22(39)40)25(43)35-20(13-37)27(45)33-18(11-16-7-5-4-6-8-16)26(44)36-21(14-38)28(46)34-19(30(48)49)12-23(41)42/h4-8,15,17-21,24,37-38H,3,9-14,31H2,1-2H3,(H,32,47)(H,33,45)(H,34,46)(H,35,43)(H,36,44)(H,39,40)(H,41,42)(H,48,49)/t15-,17-,18-,19-,20-,21-,24-/m0/s1. The second-order valence-electron chi connectivity index (χ2n) is 11.1. The van der Waals surface area contributed by atoms with Crippen molar-refractivity contribution in [3.8, 4) is 0 Å². The molecule has 0 radical (unpaired) electrons. The third-order valence-corrected chi connectivity index (χ3v) is 7.38. The van der Waals surface area contributed by atoms with Gasteiger partial charge in [0.2, 0.25) is 29.5 Å². The Morgan fingerprint density at radius 2 is 1.10 bits per heavy atom. The summed E-state index contributed by atoms with van der Waals surface area (Å²) >= 11 is 0. The largest absolute Gasteiger partial charge is 0.481 e. The summed E-state index contributed by atoms with van der Waals surface area (Å²) < 4.78 is 0. The molecule has 1 rings (SSSR count). The Bertz CT molecular complexity index is 1330. The van der Waals surface area contributed by atoms with Crippen LogP contribution in [0.5, 0.6) is 0 Å². The highest BCUT2D eigenvalue weighted by atomic mass is 16.4. The lowest BCUT2D eigenvalue weighted by Gasteiger charge is -2.26. The number of rotatable bonds is 22. The minimum absolute atomic E-state index is 0.216. The SMILES string of the molecule is CC[C@H](C)[C@H](N)C(=O)N[C@@H](CCC(=O)O)C(=O)N[C@@H](CO)C(=O)N[C@@H](Cc1ccccc1)C(=O)N[C@@H](CO)C(=O)N[C@@H](CC(=O)O)C(=O)O. The van der Waals surface area contributed by atoms with E-state index in [1.54, 1.807) is 44.2 Å². The van der Waals surface area contributed by atoms with Crippen molar-refractivity contribution in [2.75, 3.05) is 13.2 Å². The first-order valence-corrected chi connectivity index (χ1v) is 15.2. The van der Waals surface area contributed by atoms with Gasteiger partial charge in [0.05, 0.1) is 25.7 Å². The average Bonchev–Trinajstić information content (AvgIpc) is 3.05. The molecule has 0 fully saturated rings. The molecule has 5 amide bonds. The quantitative estimate of drug-likeness (QED) is 0.0559. The lowest BCUT2D eigenvalue weighted by molar-refractivity contribution is -0.147. The summed E-state index contributed by atoms with van der Waals surface area (Å²) in [7, 11) is 0. The van der Waals surface area contributed by atoms with Crippen LogP contribution >= 0.6 is 0 Å². The summed E-state index contributed by atoms with van der Waals surface area (Å²) in [4.78, 5) is 98.5. The Kier molecular flexibility index (Phi) is 17.9. The first-order chi connectivity index (χ1) is 23.0. The van der Waals surface area contributed by atoms with E-state index in [0.29, 0.717) is 12.0 Å². The first-order valence-electron chi connectivity index (χ1n) is 15.2. The summed E-state index contributed by atoms with van der Waals surface area (Å²) in [6.45, 7) is 1.43. The summed E-state index contributed by atoms with van der Waals surface area (Å²) in [5.74, 6) is -9.98. The topological polar surface area (TPSA) is 324 Å². The molecule has 19 nitrogen and oxygen atoms in total. The van der Waals surface area contributed by atoms with Crippen molar-refractivity contribution in [3.05, 3.63) is 35.9 Å². The summed E-state index contributed by atoms with van der Waals surface area (Å²) in [6, 6.07) is -1.31. The number of amides is 5. The smallest absolute Gasteiger partial charge is 0.326 e. The molecule has 49 heavy (non-hydrogen) atoms. The van der Waals surface area contributed by atoms with Gasteiger partial charge in [0.25, 0.3) is 0 Å². The zero-order valence-electron chi connectivity index (χ0n) is 27.0. The monoisotopic (exact) mass is 696 g/mol. The Hall–Kier alpha value is -5.14. The van der Waals surface area contributed by atoms with Crippen LogP contribution < -0.4 is 32.3 Å². The van der Waals surface area contributed by atoms with E-state index < -0.39 is 116 Å². The van der Waals surface area contributed by atoms with E-state index in [4.69, 9.17) is 15.9 Å². The van der Waals surface area contributed by atoms with Crippen molar-refractivity contribution in [2.45, 2.75) is 82.2 Å². The summed E-state index contributed by atoms with van der Waals surface area (Å²) in [5, 5.41) is 57.9. The maximum atomic E-state index is 13.3. The van der Waals surface area contributed by atoms with Crippen LogP contribution in [0.25, 0.3) is 0 Å². The molecule has 1 aromatic rings. The lowest BCUT2D eigenvalue weighted by atomic mass is 9.98. The van der Waals surface area contributed by atoms with Crippen LogP contribution in [0.1, 0.15) is 45.1 Å². The van der Waals surface area contributed by atoms with E-state index in [2.05, 4.69) is 21.3 Å². The van der Waals surface area contributed by atoms with Crippen molar-refractivity contribution in [3.63, 3.8) is 0 Å². The number of aliphatic hydroxyl groups excluding tert-OH is 2. The zero-order valence-corrected chi connectivity index (χ0v) is 27.0. The minimum atomic E-state index is -1.89. The maximum Gasteiger partial charge on any atom is 0.326 e. The average molecular weight is 697 g/mol. The number of aliphatic carboxylic acids is 3. The highest BCUT2D eigenvalue weighted by Gasteiger charge is 2.33. The molecule has 0 aromatic heterocycles. The Morgan fingerprint density at radius 3 is 1.55 bits per heavy atom. The van der Waals surface area contributed by atoms with Crippen LogP contribution in [-0.4, -0.2) is 122 Å². The Morgan fingerprint density at radius 1 is 0.653 bits per heavy atom. The molecule has 0 heterocycles. The number of carboxylic acid groups (broad SMARTS) is 3. The number of carbonyl (C=O) groups is 8. The van der Waals surface area contributed by atoms with Crippen LogP contribution in [0.2, 0.25) is 0 Å². The Labute approximate surface area is 281 Å². The molecule has 0 unspecified atom stereocenters. The highest BCUT2D eigenvalue weighted by Crippen LogP contribution is 2.08. The lowest BCUT2D eigenvalue weighted by Crippen LogP contribution is -2.61. The van der Waals surface area contributed by atoms with Crippen LogP contribution in [0.15, 0.2) is 30.3 Å². The van der Waals surface area contributed by atoms with Crippen LogP contribution in [-0.2, 0) is 44.8 Å². The van der Waals surface area contributed by atoms with E-state index >= 15 is 0 Å². The van der Waals surface area contributed by atoms with Crippen molar-refractivity contribution in [1.29, 1.82) is 0 Å². The van der Waals surface area contributed by atoms with Crippen LogP contribution in [0.3, 0.4) is 0 Å². The van der Waals surface area contributed by atoms with Gasteiger partial charge in [-0.1, -0.05) is 50.6 Å². The number of hydrogen-bond acceptors (Lipinski definition) is 11. The summed E-state index contributed by atoms with van der Waals surface area (Å²) in [6.07, 6.45) is -1.62. The summed E-state index contributed by atoms with van der Waals surface area (Å²) in [5.41, 5.74) is 6.42. The second kappa shape index (κ2) is 21.0. The number of nitrogens with one attached hydrogen (secondary N) is 5. The van der Waals surface area contributed by atoms with E-state index in [9.17, 15) is 53.7 Å².